The van der Waals surface area contributed by atoms with Crippen LogP contribution in [0.3, 0.4) is 0 Å². The molecule has 0 aliphatic heterocycles. The molecule has 168 valence electrons. The predicted octanol–water partition coefficient (Wildman–Crippen LogP) is 3.05. The molecule has 0 heterocycles. The van der Waals surface area contributed by atoms with Gasteiger partial charge in [0.25, 0.3) is 0 Å². The van der Waals surface area contributed by atoms with Gasteiger partial charge in [0.2, 0.25) is 21.8 Å². The van der Waals surface area contributed by atoms with E-state index in [1.807, 2.05) is 30.3 Å². The molecule has 0 saturated carbocycles. The van der Waals surface area contributed by atoms with E-state index in [4.69, 9.17) is 11.6 Å². The van der Waals surface area contributed by atoms with Crippen molar-refractivity contribution in [2.45, 2.75) is 32.4 Å². The Balaban J connectivity index is 2.12. The van der Waals surface area contributed by atoms with Crippen molar-refractivity contribution >= 4 is 39.1 Å². The van der Waals surface area contributed by atoms with Gasteiger partial charge in [-0.1, -0.05) is 48.0 Å². The first-order valence-electron chi connectivity index (χ1n) is 9.91. The van der Waals surface area contributed by atoms with Crippen molar-refractivity contribution in [1.29, 1.82) is 0 Å². The number of carbonyl (C=O) groups is 2. The van der Waals surface area contributed by atoms with E-state index in [9.17, 15) is 18.0 Å². The summed E-state index contributed by atoms with van der Waals surface area (Å²) in [5, 5.41) is 3.00. The van der Waals surface area contributed by atoms with Crippen molar-refractivity contribution in [3.8, 4) is 0 Å². The third-order valence-corrected chi connectivity index (χ3v) is 6.29. The van der Waals surface area contributed by atoms with Gasteiger partial charge in [-0.05, 0) is 37.1 Å². The van der Waals surface area contributed by atoms with Gasteiger partial charge in [0.05, 0.1) is 11.9 Å². The van der Waals surface area contributed by atoms with E-state index in [-0.39, 0.29) is 24.8 Å². The monoisotopic (exact) mass is 465 g/mol. The van der Waals surface area contributed by atoms with Crippen LogP contribution in [0.2, 0.25) is 5.02 Å². The summed E-state index contributed by atoms with van der Waals surface area (Å²) in [6.45, 7) is 2.09. The molecule has 9 heteroatoms. The summed E-state index contributed by atoms with van der Waals surface area (Å²) in [4.78, 5) is 26.7. The molecule has 1 N–H and O–H groups in total. The standard InChI is InChI=1S/C22H28ClN3O4S/c1-17(22(28)24-2)25(16-18-9-5-4-6-10-18)21(27)13-8-14-26(31(3,29)30)20-12-7-11-19(23)15-20/h4-7,9-12,15,17H,8,13-14,16H2,1-3H3,(H,24,28)/t17-/m0/s1. The summed E-state index contributed by atoms with van der Waals surface area (Å²) in [6.07, 6.45) is 1.51. The molecular weight excluding hydrogens is 438 g/mol. The average Bonchev–Trinajstić information content (AvgIpc) is 2.73. The van der Waals surface area contributed by atoms with E-state index >= 15 is 0 Å². The van der Waals surface area contributed by atoms with Gasteiger partial charge in [-0.3, -0.25) is 13.9 Å². The van der Waals surface area contributed by atoms with Crippen molar-refractivity contribution in [3.63, 3.8) is 0 Å². The molecule has 2 amide bonds. The summed E-state index contributed by atoms with van der Waals surface area (Å²) in [7, 11) is -2.02. The van der Waals surface area contributed by atoms with Gasteiger partial charge >= 0.3 is 0 Å². The van der Waals surface area contributed by atoms with Crippen LogP contribution in [0.15, 0.2) is 54.6 Å². The molecule has 31 heavy (non-hydrogen) atoms. The second-order valence-electron chi connectivity index (χ2n) is 7.22. The minimum Gasteiger partial charge on any atom is -0.357 e. The zero-order valence-corrected chi connectivity index (χ0v) is 19.5. The van der Waals surface area contributed by atoms with Gasteiger partial charge in [0.15, 0.2) is 0 Å². The van der Waals surface area contributed by atoms with Crippen LogP contribution in [-0.4, -0.2) is 51.0 Å². The third kappa shape index (κ3) is 7.25. The van der Waals surface area contributed by atoms with Gasteiger partial charge in [0.1, 0.15) is 6.04 Å². The number of halogens is 1. The lowest BCUT2D eigenvalue weighted by atomic mass is 10.1. The van der Waals surface area contributed by atoms with Crippen molar-refractivity contribution in [2.24, 2.45) is 0 Å². The average molecular weight is 466 g/mol. The zero-order chi connectivity index (χ0) is 23.0. The summed E-state index contributed by atoms with van der Waals surface area (Å²) >= 11 is 6.00. The van der Waals surface area contributed by atoms with Crippen LogP contribution in [-0.2, 0) is 26.2 Å². The van der Waals surface area contributed by atoms with E-state index in [2.05, 4.69) is 5.32 Å². The summed E-state index contributed by atoms with van der Waals surface area (Å²) in [5.74, 6) is -0.486. The smallest absolute Gasteiger partial charge is 0.242 e. The number of nitrogens with one attached hydrogen (secondary N) is 1. The Hall–Kier alpha value is -2.58. The van der Waals surface area contributed by atoms with E-state index in [1.165, 1.54) is 16.3 Å². The molecule has 0 bridgehead atoms. The number of nitrogens with zero attached hydrogens (tertiary/aromatic N) is 2. The number of sulfonamides is 1. The lowest BCUT2D eigenvalue weighted by Crippen LogP contribution is -2.46. The van der Waals surface area contributed by atoms with Crippen LogP contribution in [0.25, 0.3) is 0 Å². The number of benzene rings is 2. The topological polar surface area (TPSA) is 86.8 Å². The maximum atomic E-state index is 13.0. The zero-order valence-electron chi connectivity index (χ0n) is 17.9. The molecule has 0 aliphatic carbocycles. The third-order valence-electron chi connectivity index (χ3n) is 4.86. The fourth-order valence-electron chi connectivity index (χ4n) is 3.21. The van der Waals surface area contributed by atoms with Crippen molar-refractivity contribution in [3.05, 3.63) is 65.2 Å². The molecule has 2 aromatic carbocycles. The normalized spacial score (nSPS) is 12.1. The molecule has 1 atom stereocenters. The molecule has 0 aromatic heterocycles. The van der Waals surface area contributed by atoms with Crippen LogP contribution in [0.1, 0.15) is 25.3 Å². The van der Waals surface area contributed by atoms with Crippen LogP contribution >= 0.6 is 11.6 Å². The van der Waals surface area contributed by atoms with E-state index in [0.29, 0.717) is 23.7 Å². The molecule has 0 aliphatic rings. The highest BCUT2D eigenvalue weighted by molar-refractivity contribution is 7.92. The Labute approximate surface area is 189 Å². The van der Waals surface area contributed by atoms with Crippen molar-refractivity contribution in [2.75, 3.05) is 24.2 Å². The Kier molecular flexibility index (Phi) is 8.88. The Morgan fingerprint density at radius 3 is 2.35 bits per heavy atom. The molecule has 0 unspecified atom stereocenters. The van der Waals surface area contributed by atoms with Crippen LogP contribution in [0.4, 0.5) is 5.69 Å². The predicted molar refractivity (Wildman–Crippen MR) is 123 cm³/mol. The van der Waals surface area contributed by atoms with E-state index in [0.717, 1.165) is 11.8 Å². The molecule has 0 radical (unpaired) electrons. The SMILES string of the molecule is CNC(=O)[C@H](C)N(Cc1ccccc1)C(=O)CCCN(c1cccc(Cl)c1)S(C)(=O)=O. The lowest BCUT2D eigenvalue weighted by molar-refractivity contribution is -0.140. The molecule has 0 spiro atoms. The lowest BCUT2D eigenvalue weighted by Gasteiger charge is -2.29. The van der Waals surface area contributed by atoms with Gasteiger partial charge in [-0.25, -0.2) is 8.42 Å². The highest BCUT2D eigenvalue weighted by Crippen LogP contribution is 2.22. The molecular formula is C22H28ClN3O4S. The molecule has 0 saturated heterocycles. The first-order chi connectivity index (χ1) is 14.6. The largest absolute Gasteiger partial charge is 0.357 e. The van der Waals surface area contributed by atoms with Crippen molar-refractivity contribution in [1.82, 2.24) is 10.2 Å². The van der Waals surface area contributed by atoms with Crippen LogP contribution in [0.5, 0.6) is 0 Å². The van der Waals surface area contributed by atoms with Crippen molar-refractivity contribution < 1.29 is 18.0 Å². The maximum Gasteiger partial charge on any atom is 0.242 e. The maximum absolute atomic E-state index is 13.0. The number of hydrogen-bond acceptors (Lipinski definition) is 4. The number of carbonyl (C=O) groups excluding carboxylic acids is 2. The number of likely N-dealkylation sites (N-methyl/N-ethyl adjacent to an activating group) is 1. The van der Waals surface area contributed by atoms with Crippen LogP contribution < -0.4 is 9.62 Å². The Morgan fingerprint density at radius 1 is 1.10 bits per heavy atom. The molecule has 7 nitrogen and oxygen atoms in total. The number of anilines is 1. The molecule has 2 rings (SSSR count). The number of hydrogen-bond donors (Lipinski definition) is 1. The minimum absolute atomic E-state index is 0.0980. The summed E-state index contributed by atoms with van der Waals surface area (Å²) in [5.41, 5.74) is 1.35. The summed E-state index contributed by atoms with van der Waals surface area (Å²) < 4.78 is 25.8. The molecule has 0 fully saturated rings. The highest BCUT2D eigenvalue weighted by Gasteiger charge is 2.26. The fraction of sp³-hybridized carbons (Fsp3) is 0.364. The fourth-order valence-corrected chi connectivity index (χ4v) is 4.35. The quantitative estimate of drug-likeness (QED) is 0.584. The number of rotatable bonds is 10. The molecule has 2 aromatic rings. The second-order valence-corrected chi connectivity index (χ2v) is 9.56. The van der Waals surface area contributed by atoms with E-state index in [1.54, 1.807) is 31.2 Å². The highest BCUT2D eigenvalue weighted by atomic mass is 35.5. The first-order valence-corrected chi connectivity index (χ1v) is 12.1. The van der Waals surface area contributed by atoms with Gasteiger partial charge < -0.3 is 10.2 Å². The number of amides is 2. The first kappa shape index (κ1) is 24.7. The minimum atomic E-state index is -3.55. The van der Waals surface area contributed by atoms with Gasteiger partial charge in [-0.15, -0.1) is 0 Å². The second kappa shape index (κ2) is 11.2. The van der Waals surface area contributed by atoms with Gasteiger partial charge in [0, 0.05) is 31.6 Å². The van der Waals surface area contributed by atoms with Crippen LogP contribution in [0, 0.1) is 0 Å². The van der Waals surface area contributed by atoms with Gasteiger partial charge in [-0.2, -0.15) is 0 Å². The Morgan fingerprint density at radius 2 is 1.77 bits per heavy atom. The van der Waals surface area contributed by atoms with E-state index < -0.39 is 16.1 Å². The summed E-state index contributed by atoms with van der Waals surface area (Å²) in [6, 6.07) is 15.3. The Bertz CT molecular complexity index is 999.